The van der Waals surface area contributed by atoms with Crippen LogP contribution < -0.4 is 10.4 Å². The molecule has 3 rings (SSSR count). The predicted molar refractivity (Wildman–Crippen MR) is 138 cm³/mol. The Labute approximate surface area is 270 Å². The van der Waals surface area contributed by atoms with Crippen LogP contribution in [0.4, 0.5) is 52.7 Å². The molecule has 50 heavy (non-hydrogen) atoms. The maximum absolute atomic E-state index is 14.2. The van der Waals surface area contributed by atoms with Crippen LogP contribution in [0.1, 0.15) is 61.2 Å². The lowest BCUT2D eigenvalue weighted by atomic mass is 9.86. The lowest BCUT2D eigenvalue weighted by molar-refractivity contribution is -0.145. The SMILES string of the molecule is N#C/C(c1ccc(C(F)(F)F)c(C#N)c1C(F)(F)F)=c1/cc(C#N)/c(=C(/C#N)c2ccc(C(F)(F)F)c(C#N)c2C(F)(F)F)c(C#N)c1C#N. The summed E-state index contributed by atoms with van der Waals surface area (Å²) >= 11 is 0. The van der Waals surface area contributed by atoms with Crippen molar-refractivity contribution in [1.29, 1.82) is 36.8 Å². The van der Waals surface area contributed by atoms with E-state index in [0.717, 1.165) is 12.1 Å². The van der Waals surface area contributed by atoms with Gasteiger partial charge in [-0.25, -0.2) is 0 Å². The number of hydrogen-bond acceptors (Lipinski definition) is 7. The molecule has 0 N–H and O–H groups in total. The molecule has 0 aromatic heterocycles. The zero-order valence-corrected chi connectivity index (χ0v) is 23.6. The molecule has 0 heterocycles. The van der Waals surface area contributed by atoms with Gasteiger partial charge in [0.15, 0.2) is 0 Å². The second kappa shape index (κ2) is 12.9. The van der Waals surface area contributed by atoms with E-state index in [0.29, 0.717) is 6.07 Å². The zero-order valence-electron chi connectivity index (χ0n) is 23.6. The van der Waals surface area contributed by atoms with E-state index in [1.807, 2.05) is 0 Å². The average Bonchev–Trinajstić information content (AvgIpc) is 3.02. The Balaban J connectivity index is 2.82. The minimum Gasteiger partial charge on any atom is -0.192 e. The Morgan fingerprint density at radius 1 is 0.440 bits per heavy atom. The molecular formula is C31H5F12N7. The van der Waals surface area contributed by atoms with Crippen molar-refractivity contribution in [1.82, 2.24) is 0 Å². The third-order valence-electron chi connectivity index (χ3n) is 6.77. The van der Waals surface area contributed by atoms with Gasteiger partial charge in [0.05, 0.1) is 67.3 Å². The van der Waals surface area contributed by atoms with E-state index in [1.165, 1.54) is 30.3 Å². The third-order valence-corrected chi connectivity index (χ3v) is 6.77. The monoisotopic (exact) mass is 703 g/mol. The topological polar surface area (TPSA) is 167 Å². The first-order chi connectivity index (χ1) is 23.1. The molecule has 0 saturated heterocycles. The van der Waals surface area contributed by atoms with E-state index in [1.54, 1.807) is 0 Å². The number of nitrogens with zero attached hydrogens (tertiary/aromatic N) is 7. The summed E-state index contributed by atoms with van der Waals surface area (Å²) in [7, 11) is 0. The van der Waals surface area contributed by atoms with E-state index < -0.39 is 107 Å². The van der Waals surface area contributed by atoms with Crippen molar-refractivity contribution in [3.63, 3.8) is 0 Å². The summed E-state index contributed by atoms with van der Waals surface area (Å²) in [6.07, 6.45) is -22.7. The van der Waals surface area contributed by atoms with Gasteiger partial charge in [-0.05, 0) is 18.2 Å². The van der Waals surface area contributed by atoms with Gasteiger partial charge in [0.2, 0.25) is 0 Å². The summed E-state index contributed by atoms with van der Waals surface area (Å²) in [6, 6.07) is 8.15. The highest BCUT2D eigenvalue weighted by Crippen LogP contribution is 2.44. The van der Waals surface area contributed by atoms with Gasteiger partial charge in [-0.2, -0.15) is 89.5 Å². The second-order valence-corrected chi connectivity index (χ2v) is 9.44. The highest BCUT2D eigenvalue weighted by molar-refractivity contribution is 5.85. The highest BCUT2D eigenvalue weighted by atomic mass is 19.4. The normalized spacial score (nSPS) is 12.9. The maximum atomic E-state index is 14.2. The van der Waals surface area contributed by atoms with Crippen LogP contribution in [0.25, 0.3) is 11.1 Å². The fourth-order valence-electron chi connectivity index (χ4n) is 4.89. The Morgan fingerprint density at radius 2 is 0.820 bits per heavy atom. The van der Waals surface area contributed by atoms with Gasteiger partial charge in [0.1, 0.15) is 36.4 Å². The molecule has 0 unspecified atom stereocenters. The first kappa shape index (κ1) is 37.4. The van der Waals surface area contributed by atoms with Crippen molar-refractivity contribution >= 4 is 11.1 Å². The summed E-state index contributed by atoms with van der Waals surface area (Å²) in [5, 5.41) is 65.9. The van der Waals surface area contributed by atoms with Crippen LogP contribution >= 0.6 is 0 Å². The van der Waals surface area contributed by atoms with Crippen molar-refractivity contribution in [3.8, 4) is 42.5 Å². The van der Waals surface area contributed by atoms with E-state index >= 15 is 0 Å². The average molecular weight is 703 g/mol. The molecule has 0 amide bonds. The van der Waals surface area contributed by atoms with Crippen LogP contribution in [-0.2, 0) is 24.7 Å². The Hall–Kier alpha value is -7.01. The number of alkyl halides is 12. The van der Waals surface area contributed by atoms with Crippen LogP contribution in [0.3, 0.4) is 0 Å². The molecule has 3 aromatic carbocycles. The summed E-state index contributed by atoms with van der Waals surface area (Å²) in [4.78, 5) is 0. The van der Waals surface area contributed by atoms with Crippen molar-refractivity contribution in [2.45, 2.75) is 24.7 Å². The summed E-state index contributed by atoms with van der Waals surface area (Å²) in [6.45, 7) is 0. The molecular weight excluding hydrogens is 698 g/mol. The minimum atomic E-state index is -5.82. The molecule has 0 fully saturated rings. The lowest BCUT2D eigenvalue weighted by Gasteiger charge is -2.19. The maximum Gasteiger partial charge on any atom is 0.418 e. The first-order valence-corrected chi connectivity index (χ1v) is 12.5. The van der Waals surface area contributed by atoms with E-state index in [2.05, 4.69) is 0 Å². The molecule has 0 saturated carbocycles. The van der Waals surface area contributed by atoms with Gasteiger partial charge in [-0.3, -0.25) is 0 Å². The van der Waals surface area contributed by atoms with E-state index in [9.17, 15) is 89.5 Å². The molecule has 0 spiro atoms. The van der Waals surface area contributed by atoms with Gasteiger partial charge in [0, 0.05) is 21.6 Å². The minimum absolute atomic E-state index is 0.00505. The van der Waals surface area contributed by atoms with Crippen LogP contribution in [0.5, 0.6) is 0 Å². The molecule has 0 atom stereocenters. The van der Waals surface area contributed by atoms with Crippen LogP contribution in [0.2, 0.25) is 0 Å². The molecule has 0 aliphatic heterocycles. The summed E-state index contributed by atoms with van der Waals surface area (Å²) < 4.78 is 166. The van der Waals surface area contributed by atoms with Crippen molar-refractivity contribution < 1.29 is 52.7 Å². The van der Waals surface area contributed by atoms with Crippen molar-refractivity contribution in [2.75, 3.05) is 0 Å². The second-order valence-electron chi connectivity index (χ2n) is 9.44. The Kier molecular flexibility index (Phi) is 9.65. The summed E-state index contributed by atoms with van der Waals surface area (Å²) in [5.74, 6) is 0. The highest BCUT2D eigenvalue weighted by Gasteiger charge is 2.45. The van der Waals surface area contributed by atoms with Crippen LogP contribution in [-0.4, -0.2) is 0 Å². The smallest absolute Gasteiger partial charge is 0.192 e. The number of nitriles is 7. The molecule has 0 radical (unpaired) electrons. The van der Waals surface area contributed by atoms with Crippen molar-refractivity contribution in [3.05, 3.63) is 102 Å². The molecule has 3 aromatic rings. The van der Waals surface area contributed by atoms with Crippen LogP contribution in [0.15, 0.2) is 30.3 Å². The fourth-order valence-corrected chi connectivity index (χ4v) is 4.89. The Bertz CT molecular complexity index is 2400. The number of halogens is 12. The molecule has 19 heteroatoms. The van der Waals surface area contributed by atoms with Crippen LogP contribution in [0, 0.1) is 79.3 Å². The third kappa shape index (κ3) is 6.43. The van der Waals surface area contributed by atoms with Gasteiger partial charge in [0.25, 0.3) is 0 Å². The zero-order chi connectivity index (χ0) is 38.1. The van der Waals surface area contributed by atoms with Gasteiger partial charge in [-0.15, -0.1) is 0 Å². The van der Waals surface area contributed by atoms with E-state index in [4.69, 9.17) is 0 Å². The molecule has 0 aliphatic rings. The Morgan fingerprint density at radius 3 is 1.12 bits per heavy atom. The van der Waals surface area contributed by atoms with Gasteiger partial charge < -0.3 is 0 Å². The molecule has 0 aliphatic carbocycles. The van der Waals surface area contributed by atoms with E-state index in [-0.39, 0.29) is 24.3 Å². The molecule has 248 valence electrons. The van der Waals surface area contributed by atoms with Crippen molar-refractivity contribution in [2.24, 2.45) is 0 Å². The molecule has 0 bridgehead atoms. The lowest BCUT2D eigenvalue weighted by Crippen LogP contribution is -2.28. The predicted octanol–water partition coefficient (Wildman–Crippen LogP) is 6.57. The number of rotatable bonds is 2. The fraction of sp³-hybridized carbons (Fsp3) is 0.129. The first-order valence-electron chi connectivity index (χ1n) is 12.5. The summed E-state index contributed by atoms with van der Waals surface area (Å²) in [5.41, 5.74) is -22.3. The largest absolute Gasteiger partial charge is 0.418 e. The standard InChI is InChI=1S/C31H5F12N7/c32-28(33,34)23-3-1-14(26(21(23)11-49)30(38,39)40)17(7-45)16-5-13(6-44)25(20(10-48)18(16)8-46)19(9-47)15-2-4-24(29(35,36)37)22(12-50)27(15)31(41,42)43/h1-5H/b17-16+,25-19+. The number of benzene rings is 3. The quantitative estimate of drug-likeness (QED) is 0.272. The molecule has 7 nitrogen and oxygen atoms in total. The number of hydrogen-bond donors (Lipinski definition) is 0. The van der Waals surface area contributed by atoms with Gasteiger partial charge >= 0.3 is 24.7 Å². The van der Waals surface area contributed by atoms with Gasteiger partial charge in [-0.1, -0.05) is 12.1 Å².